The predicted octanol–water partition coefficient (Wildman–Crippen LogP) is 2.70. The summed E-state index contributed by atoms with van der Waals surface area (Å²) in [6.07, 6.45) is -6.36. The summed E-state index contributed by atoms with van der Waals surface area (Å²) in [5.74, 6) is -1.33. The lowest BCUT2D eigenvalue weighted by atomic mass is 9.99. The van der Waals surface area contributed by atoms with Crippen LogP contribution in [0, 0.1) is 12.1 Å². The summed E-state index contributed by atoms with van der Waals surface area (Å²) in [5, 5.41) is 24.0. The zero-order valence-corrected chi connectivity index (χ0v) is 16.9. The topological polar surface area (TPSA) is 107 Å². The molecule has 0 bridgehead atoms. The van der Waals surface area contributed by atoms with Gasteiger partial charge in [-0.2, -0.15) is 13.2 Å². The van der Waals surface area contributed by atoms with Gasteiger partial charge in [-0.05, 0) is 30.7 Å². The Labute approximate surface area is 171 Å². The second kappa shape index (κ2) is 9.31. The Morgan fingerprint density at radius 2 is 2.17 bits per heavy atom. The summed E-state index contributed by atoms with van der Waals surface area (Å²) in [4.78, 5) is 16.6. The van der Waals surface area contributed by atoms with Gasteiger partial charge in [0.15, 0.2) is 0 Å². The Morgan fingerprint density at radius 1 is 1.48 bits per heavy atom. The molecule has 0 saturated heterocycles. The Balaban J connectivity index is 2.15. The molecule has 1 heterocycles. The van der Waals surface area contributed by atoms with E-state index in [1.807, 2.05) is 0 Å². The minimum atomic E-state index is -4.87. The highest BCUT2D eigenvalue weighted by Gasteiger charge is 2.49. The van der Waals surface area contributed by atoms with E-state index in [9.17, 15) is 23.2 Å². The van der Waals surface area contributed by atoms with Crippen molar-refractivity contribution in [2.45, 2.75) is 19.2 Å². The maximum absolute atomic E-state index is 13.4. The maximum atomic E-state index is 13.4. The van der Waals surface area contributed by atoms with Crippen molar-refractivity contribution < 1.29 is 42.4 Å². The number of hydrazine groups is 1. The second-order valence-corrected chi connectivity index (χ2v) is 6.81. The van der Waals surface area contributed by atoms with E-state index in [4.69, 9.17) is 9.84 Å². The Bertz CT molecular complexity index is 831. The molecule has 1 N–H and O–H groups in total. The summed E-state index contributed by atoms with van der Waals surface area (Å²) in [6, 6.07) is 3.08. The molecule has 0 radical (unpaired) electrons. The number of aliphatic hydroxyl groups is 1. The zero-order chi connectivity index (χ0) is 21.8. The van der Waals surface area contributed by atoms with Crippen LogP contribution in [-0.2, 0) is 14.4 Å². The van der Waals surface area contributed by atoms with Crippen LogP contribution in [0.15, 0.2) is 27.5 Å². The summed E-state index contributed by atoms with van der Waals surface area (Å²) < 4.78 is 50.5. The first kappa shape index (κ1) is 22.7. The molecule has 29 heavy (non-hydrogen) atoms. The SMILES string of the molecule is Cc1cc(Br)cc2c1O[C@H](C(F)(F)F)C(C(=O)OCO/N=[N+](\[O-])N(C)CCO)=C2. The smallest absolute Gasteiger partial charge is 0.430 e. The number of carbonyl (C=O) groups is 1. The van der Waals surface area contributed by atoms with E-state index in [0.29, 0.717) is 10.0 Å². The van der Waals surface area contributed by atoms with Crippen LogP contribution in [0.2, 0.25) is 0 Å². The molecule has 160 valence electrons. The summed E-state index contributed by atoms with van der Waals surface area (Å²) >= 11 is 3.23. The normalized spacial score (nSPS) is 16.4. The van der Waals surface area contributed by atoms with Crippen LogP contribution in [0.5, 0.6) is 5.75 Å². The van der Waals surface area contributed by atoms with Crippen molar-refractivity contribution in [3.63, 3.8) is 0 Å². The molecular weight excluding hydrogens is 467 g/mol. The van der Waals surface area contributed by atoms with Crippen LogP contribution in [0.25, 0.3) is 6.08 Å². The summed E-state index contributed by atoms with van der Waals surface area (Å²) in [7, 11) is 1.30. The molecule has 9 nitrogen and oxygen atoms in total. The number of esters is 1. The van der Waals surface area contributed by atoms with E-state index >= 15 is 0 Å². The van der Waals surface area contributed by atoms with Gasteiger partial charge in [0.2, 0.25) is 11.4 Å². The van der Waals surface area contributed by atoms with Crippen LogP contribution >= 0.6 is 15.9 Å². The van der Waals surface area contributed by atoms with Crippen LogP contribution in [0.3, 0.4) is 0 Å². The van der Waals surface area contributed by atoms with E-state index in [2.05, 4.69) is 30.8 Å². The molecule has 0 saturated carbocycles. The lowest BCUT2D eigenvalue weighted by molar-refractivity contribution is -0.706. The van der Waals surface area contributed by atoms with Gasteiger partial charge in [0, 0.05) is 10.0 Å². The minimum absolute atomic E-state index is 0.00671. The third-order valence-corrected chi connectivity index (χ3v) is 4.17. The average Bonchev–Trinajstić information content (AvgIpc) is 2.63. The first-order valence-corrected chi connectivity index (χ1v) is 8.88. The van der Waals surface area contributed by atoms with Gasteiger partial charge < -0.3 is 24.6 Å². The predicted molar refractivity (Wildman–Crippen MR) is 95.1 cm³/mol. The van der Waals surface area contributed by atoms with Gasteiger partial charge in [-0.1, -0.05) is 15.9 Å². The quantitative estimate of drug-likeness (QED) is 0.158. The number of halogens is 4. The van der Waals surface area contributed by atoms with Crippen molar-refractivity contribution in [2.24, 2.45) is 5.28 Å². The number of hydrogen-bond donors (Lipinski definition) is 1. The molecule has 1 aliphatic rings. The van der Waals surface area contributed by atoms with Crippen molar-refractivity contribution in [3.05, 3.63) is 38.5 Å². The van der Waals surface area contributed by atoms with Gasteiger partial charge in [0.25, 0.3) is 6.79 Å². The highest BCUT2D eigenvalue weighted by molar-refractivity contribution is 9.10. The number of fused-ring (bicyclic) bond motifs is 1. The van der Waals surface area contributed by atoms with Gasteiger partial charge in [0.05, 0.1) is 30.7 Å². The maximum Gasteiger partial charge on any atom is 0.430 e. The molecule has 1 atom stereocenters. The standard InChI is InChI=1S/C16H17BrF3N3O6/c1-9-5-11(17)6-10-7-12(14(16(18,19)20)29-13(9)10)15(25)27-8-28-21-23(26)22(2)3-4-24/h5-7,14,24H,3-4,8H2,1-2H3/b23-21-/t14-/m0/s1. The van der Waals surface area contributed by atoms with Crippen molar-refractivity contribution >= 4 is 28.0 Å². The van der Waals surface area contributed by atoms with E-state index in [1.165, 1.54) is 13.1 Å². The number of rotatable bonds is 7. The molecule has 0 amide bonds. The average molecular weight is 484 g/mol. The lowest BCUT2D eigenvalue weighted by Crippen LogP contribution is -2.41. The number of benzene rings is 1. The third kappa shape index (κ3) is 5.73. The summed E-state index contributed by atoms with van der Waals surface area (Å²) in [6.45, 7) is 0.314. The fourth-order valence-electron chi connectivity index (χ4n) is 2.39. The number of hydrogen-bond acceptors (Lipinski definition) is 7. The van der Waals surface area contributed by atoms with Crippen molar-refractivity contribution in [1.82, 2.24) is 5.01 Å². The van der Waals surface area contributed by atoms with E-state index in [1.54, 1.807) is 13.0 Å². The lowest BCUT2D eigenvalue weighted by Gasteiger charge is -2.28. The molecule has 1 aliphatic heterocycles. The van der Waals surface area contributed by atoms with Crippen LogP contribution in [0.1, 0.15) is 11.1 Å². The van der Waals surface area contributed by atoms with E-state index in [0.717, 1.165) is 11.1 Å². The first-order chi connectivity index (χ1) is 13.5. The number of ether oxygens (including phenoxy) is 2. The van der Waals surface area contributed by atoms with Gasteiger partial charge in [-0.15, -0.1) is 5.01 Å². The highest BCUT2D eigenvalue weighted by Crippen LogP contribution is 2.40. The van der Waals surface area contributed by atoms with Crippen LogP contribution < -0.4 is 4.74 Å². The fraction of sp³-hybridized carbons (Fsp3) is 0.438. The Kier molecular flexibility index (Phi) is 7.30. The molecule has 0 aromatic heterocycles. The van der Waals surface area contributed by atoms with Gasteiger partial charge in [0.1, 0.15) is 5.75 Å². The van der Waals surface area contributed by atoms with Gasteiger partial charge >= 0.3 is 12.1 Å². The van der Waals surface area contributed by atoms with E-state index in [-0.39, 0.29) is 29.4 Å². The number of alkyl halides is 3. The number of carbonyl (C=O) groups excluding carboxylic acids is 1. The van der Waals surface area contributed by atoms with Crippen molar-refractivity contribution in [2.75, 3.05) is 27.0 Å². The molecule has 0 unspecified atom stereocenters. The second-order valence-electron chi connectivity index (χ2n) is 5.90. The largest absolute Gasteiger partial charge is 0.569 e. The molecule has 0 spiro atoms. The molecule has 13 heteroatoms. The molecular formula is C16H17BrF3N3O6. The Morgan fingerprint density at radius 3 is 2.79 bits per heavy atom. The number of nitrogens with zero attached hydrogens (tertiary/aromatic N) is 3. The van der Waals surface area contributed by atoms with Crippen molar-refractivity contribution in [1.29, 1.82) is 0 Å². The highest BCUT2D eigenvalue weighted by atomic mass is 79.9. The molecule has 2 rings (SSSR count). The molecule has 0 aliphatic carbocycles. The Hall–Kier alpha value is -2.54. The molecule has 1 aromatic rings. The number of aryl methyl sites for hydroxylation is 1. The monoisotopic (exact) mass is 483 g/mol. The summed E-state index contributed by atoms with van der Waals surface area (Å²) in [5.41, 5.74) is -0.0502. The number of likely N-dealkylation sites (N-methyl/N-ethyl adjacent to an activating group) is 1. The van der Waals surface area contributed by atoms with Gasteiger partial charge in [-0.3, -0.25) is 0 Å². The first-order valence-electron chi connectivity index (χ1n) is 8.09. The number of aliphatic hydroxyl groups excluding tert-OH is 1. The third-order valence-electron chi connectivity index (χ3n) is 3.72. The van der Waals surface area contributed by atoms with Crippen molar-refractivity contribution in [3.8, 4) is 5.75 Å². The molecule has 1 aromatic carbocycles. The van der Waals surface area contributed by atoms with Crippen LogP contribution in [-0.4, -0.2) is 60.3 Å². The van der Waals surface area contributed by atoms with Gasteiger partial charge in [-0.25, -0.2) is 4.79 Å². The minimum Gasteiger partial charge on any atom is -0.569 e. The fourth-order valence-corrected chi connectivity index (χ4v) is 2.98. The van der Waals surface area contributed by atoms with Crippen LogP contribution in [0.4, 0.5) is 13.2 Å². The van der Waals surface area contributed by atoms with E-state index < -0.39 is 30.6 Å². The zero-order valence-electron chi connectivity index (χ0n) is 15.3. The molecule has 0 fully saturated rings.